The molecule has 0 atom stereocenters. The molecule has 1 aliphatic heterocycles. The number of benzene rings is 1. The number of hydrogen-bond acceptors (Lipinski definition) is 11. The van der Waals surface area contributed by atoms with E-state index in [1.807, 2.05) is 42.0 Å². The summed E-state index contributed by atoms with van der Waals surface area (Å²) in [6.45, 7) is 8.17. The first-order chi connectivity index (χ1) is 17.2. The molecule has 0 spiro atoms. The molecule has 0 amide bonds. The molecular weight excluding hydrogens is 482 g/mol. The predicted molar refractivity (Wildman–Crippen MR) is 143 cm³/mol. The van der Waals surface area contributed by atoms with Gasteiger partial charge in [0, 0.05) is 41.8 Å². The molecule has 182 valence electrons. The number of hydrogen-bond donors (Lipinski definition) is 2. The zero-order valence-corrected chi connectivity index (χ0v) is 21.1. The maximum absolute atomic E-state index is 5.85. The Labute approximate surface area is 212 Å². The van der Waals surface area contributed by atoms with Gasteiger partial charge in [-0.1, -0.05) is 12.1 Å². The number of aliphatic imine (C=N–C) groups is 2. The maximum Gasteiger partial charge on any atom is 0.197 e. The van der Waals surface area contributed by atoms with Crippen molar-refractivity contribution in [3.05, 3.63) is 70.1 Å². The molecule has 0 unspecified atom stereocenters. The van der Waals surface area contributed by atoms with Crippen molar-refractivity contribution in [1.82, 2.24) is 20.3 Å². The molecule has 0 radical (unpaired) electrons. The molecule has 9 nitrogen and oxygen atoms in total. The lowest BCUT2D eigenvalue weighted by Gasteiger charge is -2.14. The third kappa shape index (κ3) is 7.88. The van der Waals surface area contributed by atoms with Crippen molar-refractivity contribution < 1.29 is 9.47 Å². The van der Waals surface area contributed by atoms with Gasteiger partial charge >= 0.3 is 0 Å². The number of thioether (sulfide) groups is 1. The van der Waals surface area contributed by atoms with E-state index in [0.29, 0.717) is 24.8 Å². The van der Waals surface area contributed by atoms with Crippen molar-refractivity contribution >= 4 is 46.6 Å². The van der Waals surface area contributed by atoms with Crippen LogP contribution in [0.25, 0.3) is 5.70 Å². The second-order valence-electron chi connectivity index (χ2n) is 7.54. The number of aryl methyl sites for hydroxylation is 1. The Bertz CT molecular complexity index is 1180. The Morgan fingerprint density at radius 2 is 2.17 bits per heavy atom. The Hall–Kier alpha value is -3.28. The molecule has 0 saturated carbocycles. The van der Waals surface area contributed by atoms with Gasteiger partial charge in [-0.05, 0) is 37.8 Å². The molecule has 4 rings (SSSR count). The lowest BCUT2D eigenvalue weighted by Crippen LogP contribution is -2.35. The van der Waals surface area contributed by atoms with Crippen molar-refractivity contribution in [3.63, 3.8) is 0 Å². The van der Waals surface area contributed by atoms with Gasteiger partial charge in [-0.15, -0.1) is 23.1 Å². The molecule has 0 aliphatic carbocycles. The number of aromatic nitrogens is 3. The normalized spacial score (nSPS) is 13.6. The zero-order valence-electron chi connectivity index (χ0n) is 19.4. The minimum Gasteiger partial charge on any atom is -0.489 e. The van der Waals surface area contributed by atoms with Crippen LogP contribution in [0.15, 0.2) is 57.4 Å². The fourth-order valence-electron chi connectivity index (χ4n) is 3.05. The van der Waals surface area contributed by atoms with Gasteiger partial charge in [0.15, 0.2) is 11.1 Å². The van der Waals surface area contributed by atoms with Gasteiger partial charge < -0.3 is 20.1 Å². The van der Waals surface area contributed by atoms with Gasteiger partial charge in [0.1, 0.15) is 23.9 Å². The van der Waals surface area contributed by atoms with E-state index in [-0.39, 0.29) is 0 Å². The van der Waals surface area contributed by atoms with E-state index in [1.54, 1.807) is 12.4 Å². The van der Waals surface area contributed by atoms with E-state index in [2.05, 4.69) is 42.3 Å². The lowest BCUT2D eigenvalue weighted by molar-refractivity contribution is 0.169. The van der Waals surface area contributed by atoms with Crippen LogP contribution in [0.5, 0.6) is 5.75 Å². The maximum atomic E-state index is 5.85. The molecule has 0 saturated heterocycles. The van der Waals surface area contributed by atoms with E-state index in [1.165, 1.54) is 23.1 Å². The van der Waals surface area contributed by atoms with Crippen molar-refractivity contribution in [3.8, 4) is 5.75 Å². The van der Waals surface area contributed by atoms with Crippen LogP contribution in [0.4, 0.5) is 5.13 Å². The summed E-state index contributed by atoms with van der Waals surface area (Å²) in [6.07, 6.45) is 4.60. The second-order valence-corrected chi connectivity index (χ2v) is 9.21. The number of nitrogens with zero attached hydrogens (tertiary/aromatic N) is 5. The first-order valence-corrected chi connectivity index (χ1v) is 13.0. The topological polar surface area (TPSA) is 106 Å². The standard InChI is InChI=1S/C24H27N7O2S2/c1-17-28-10-19(11-29-17)13-33-20-6-3-5-18(9-20)12-32-16-34-14-21(25-2)22-15-35-24(30-22)31-23-26-7-4-8-27-23/h3,5-6,9-11,14-15H,2,4,7-8,12-13,16H2,1H3,(H2,26,27,30,31)/b21-14-. The lowest BCUT2D eigenvalue weighted by atomic mass is 10.2. The van der Waals surface area contributed by atoms with Crippen LogP contribution in [0.3, 0.4) is 0 Å². The number of guanidine groups is 1. The average molecular weight is 510 g/mol. The number of thiazole rings is 1. The molecule has 1 aromatic carbocycles. The second kappa shape index (κ2) is 13.0. The molecule has 2 N–H and O–H groups in total. The van der Waals surface area contributed by atoms with E-state index >= 15 is 0 Å². The predicted octanol–water partition coefficient (Wildman–Crippen LogP) is 4.49. The summed E-state index contributed by atoms with van der Waals surface area (Å²) >= 11 is 3.00. The van der Waals surface area contributed by atoms with Crippen LogP contribution in [-0.4, -0.2) is 46.7 Å². The Balaban J connectivity index is 1.22. The molecule has 0 fully saturated rings. The molecule has 35 heavy (non-hydrogen) atoms. The molecule has 1 aliphatic rings. The summed E-state index contributed by atoms with van der Waals surface area (Å²) in [4.78, 5) is 21.5. The minimum absolute atomic E-state index is 0.418. The average Bonchev–Trinajstić information content (AvgIpc) is 3.35. The molecular formula is C24H27N7O2S2. The van der Waals surface area contributed by atoms with Gasteiger partial charge in [0.05, 0.1) is 18.2 Å². The van der Waals surface area contributed by atoms with Gasteiger partial charge in [-0.25, -0.2) is 15.0 Å². The highest BCUT2D eigenvalue weighted by atomic mass is 32.2. The van der Waals surface area contributed by atoms with Gasteiger partial charge in [-0.2, -0.15) is 0 Å². The highest BCUT2D eigenvalue weighted by Crippen LogP contribution is 2.25. The van der Waals surface area contributed by atoms with E-state index in [4.69, 9.17) is 9.47 Å². The van der Waals surface area contributed by atoms with E-state index < -0.39 is 0 Å². The molecule has 11 heteroatoms. The minimum atomic E-state index is 0.418. The van der Waals surface area contributed by atoms with Gasteiger partial charge in [0.2, 0.25) is 0 Å². The van der Waals surface area contributed by atoms with Crippen molar-refractivity contribution in [1.29, 1.82) is 0 Å². The summed E-state index contributed by atoms with van der Waals surface area (Å²) in [5, 5.41) is 11.1. The van der Waals surface area contributed by atoms with Crippen molar-refractivity contribution in [2.45, 2.75) is 26.6 Å². The first-order valence-electron chi connectivity index (χ1n) is 11.1. The number of nitrogens with one attached hydrogen (secondary N) is 2. The highest BCUT2D eigenvalue weighted by Gasteiger charge is 2.10. The van der Waals surface area contributed by atoms with Gasteiger partial charge in [-0.3, -0.25) is 9.98 Å². The Morgan fingerprint density at radius 1 is 1.29 bits per heavy atom. The fraction of sp³-hybridized carbons (Fsp3) is 0.292. The van der Waals surface area contributed by atoms with Crippen LogP contribution in [0.2, 0.25) is 0 Å². The Kier molecular flexibility index (Phi) is 9.21. The van der Waals surface area contributed by atoms with E-state index in [0.717, 1.165) is 59.0 Å². The largest absolute Gasteiger partial charge is 0.489 e. The third-order valence-corrected chi connectivity index (χ3v) is 6.26. The summed E-state index contributed by atoms with van der Waals surface area (Å²) in [6, 6.07) is 7.86. The third-order valence-electron chi connectivity index (χ3n) is 4.81. The first kappa shape index (κ1) is 24.8. The molecule has 3 aromatic rings. The highest BCUT2D eigenvalue weighted by molar-refractivity contribution is 8.02. The fourth-order valence-corrected chi connectivity index (χ4v) is 4.36. The quantitative estimate of drug-likeness (QED) is 0.221. The zero-order chi connectivity index (χ0) is 24.3. The van der Waals surface area contributed by atoms with Gasteiger partial charge in [0.25, 0.3) is 0 Å². The molecule has 3 heterocycles. The Morgan fingerprint density at radius 3 is 2.97 bits per heavy atom. The summed E-state index contributed by atoms with van der Waals surface area (Å²) in [5.74, 6) is 2.75. The monoisotopic (exact) mass is 509 g/mol. The SMILES string of the molecule is C=N/C(=C\SCOCc1cccc(OCc2cnc(C)nc2)c1)c1csc(NC2=NCCCN2)n1. The van der Waals surface area contributed by atoms with Crippen LogP contribution in [0.1, 0.15) is 29.1 Å². The smallest absolute Gasteiger partial charge is 0.197 e. The van der Waals surface area contributed by atoms with Crippen LogP contribution in [0, 0.1) is 6.92 Å². The summed E-state index contributed by atoms with van der Waals surface area (Å²) in [5.41, 5.74) is 3.43. The van der Waals surface area contributed by atoms with Crippen LogP contribution >= 0.6 is 23.1 Å². The molecule has 2 aromatic heterocycles. The number of ether oxygens (including phenoxy) is 2. The number of anilines is 1. The number of rotatable bonds is 11. The van der Waals surface area contributed by atoms with Crippen LogP contribution < -0.4 is 15.4 Å². The van der Waals surface area contributed by atoms with Crippen molar-refractivity contribution in [2.24, 2.45) is 9.98 Å². The summed E-state index contributed by atoms with van der Waals surface area (Å²) < 4.78 is 11.7. The van der Waals surface area contributed by atoms with Crippen LogP contribution in [-0.2, 0) is 18.0 Å². The van der Waals surface area contributed by atoms with E-state index in [9.17, 15) is 0 Å². The molecule has 0 bridgehead atoms. The summed E-state index contributed by atoms with van der Waals surface area (Å²) in [7, 11) is 0. The van der Waals surface area contributed by atoms with Crippen molar-refractivity contribution in [2.75, 3.05) is 24.3 Å².